The van der Waals surface area contributed by atoms with Crippen LogP contribution in [0.15, 0.2) is 0 Å². The maximum atomic E-state index is 11.9. The zero-order valence-electron chi connectivity index (χ0n) is 13.3. The average molecular weight is 271 g/mol. The van der Waals surface area contributed by atoms with E-state index in [4.69, 9.17) is 5.73 Å². The molecule has 0 aliphatic rings. The van der Waals surface area contributed by atoms with Gasteiger partial charge in [-0.1, -0.05) is 13.8 Å². The topological polar surface area (TPSA) is 75.4 Å². The first-order chi connectivity index (χ1) is 8.38. The molecular formula is C14H29N3O2. The molecule has 0 radical (unpaired) electrons. The van der Waals surface area contributed by atoms with Crippen molar-refractivity contribution < 1.29 is 9.59 Å². The number of Topliss-reactive ketones (excluding diaryl/α,β-unsaturated/α-hetero) is 1. The highest BCUT2D eigenvalue weighted by atomic mass is 16.2. The fourth-order valence-electron chi connectivity index (χ4n) is 1.15. The van der Waals surface area contributed by atoms with Gasteiger partial charge in [0.1, 0.15) is 0 Å². The highest BCUT2D eigenvalue weighted by molar-refractivity contribution is 5.92. The van der Waals surface area contributed by atoms with Gasteiger partial charge in [0.25, 0.3) is 0 Å². The van der Waals surface area contributed by atoms with Crippen LogP contribution in [0.5, 0.6) is 0 Å². The predicted octanol–water partition coefficient (Wildman–Crippen LogP) is 0.775. The van der Waals surface area contributed by atoms with E-state index >= 15 is 0 Å². The first-order valence-corrected chi connectivity index (χ1v) is 6.69. The summed E-state index contributed by atoms with van der Waals surface area (Å²) in [6, 6.07) is 0. The summed E-state index contributed by atoms with van der Waals surface area (Å²) in [6.45, 7) is 11.9. The summed E-state index contributed by atoms with van der Waals surface area (Å²) in [4.78, 5) is 25.1. The molecule has 0 aromatic carbocycles. The number of amides is 1. The minimum Gasteiger partial charge on any atom is -0.337 e. The van der Waals surface area contributed by atoms with Crippen LogP contribution in [0.4, 0.5) is 0 Å². The molecule has 0 aliphatic heterocycles. The normalized spacial score (nSPS) is 12.7. The van der Waals surface area contributed by atoms with Crippen LogP contribution in [0.2, 0.25) is 0 Å². The Morgan fingerprint density at radius 2 is 1.68 bits per heavy atom. The van der Waals surface area contributed by atoms with E-state index < -0.39 is 5.54 Å². The molecule has 0 heterocycles. The van der Waals surface area contributed by atoms with E-state index in [0.29, 0.717) is 5.92 Å². The summed E-state index contributed by atoms with van der Waals surface area (Å²) in [6.07, 6.45) is 0. The number of carbonyl (C=O) groups excluding carboxylic acids is 2. The monoisotopic (exact) mass is 271 g/mol. The largest absolute Gasteiger partial charge is 0.337 e. The molecule has 5 nitrogen and oxygen atoms in total. The van der Waals surface area contributed by atoms with Crippen molar-refractivity contribution in [2.24, 2.45) is 11.7 Å². The highest BCUT2D eigenvalue weighted by Gasteiger charge is 2.26. The first kappa shape index (κ1) is 18.1. The second-order valence-corrected chi connectivity index (χ2v) is 6.62. The summed E-state index contributed by atoms with van der Waals surface area (Å²) < 4.78 is 0. The third-order valence-electron chi connectivity index (χ3n) is 3.66. The number of hydrogen-bond acceptors (Lipinski definition) is 4. The molecule has 19 heavy (non-hydrogen) atoms. The Balaban J connectivity index is 4.34. The highest BCUT2D eigenvalue weighted by Crippen LogP contribution is 2.14. The molecular weight excluding hydrogens is 242 g/mol. The molecule has 0 atom stereocenters. The lowest BCUT2D eigenvalue weighted by atomic mass is 9.91. The number of ketones is 1. The van der Waals surface area contributed by atoms with Crippen LogP contribution in [-0.2, 0) is 9.59 Å². The summed E-state index contributed by atoms with van der Waals surface area (Å²) in [5.74, 6) is 0.160. The molecule has 0 saturated heterocycles. The third-order valence-corrected chi connectivity index (χ3v) is 3.66. The third kappa shape index (κ3) is 6.16. The maximum Gasteiger partial charge on any atom is 0.236 e. The van der Waals surface area contributed by atoms with Crippen LogP contribution in [0.1, 0.15) is 41.5 Å². The van der Waals surface area contributed by atoms with E-state index in [0.717, 1.165) is 0 Å². The molecule has 0 aliphatic carbocycles. The molecule has 5 heteroatoms. The molecule has 0 saturated carbocycles. The number of nitrogens with one attached hydrogen (secondary N) is 1. The van der Waals surface area contributed by atoms with Crippen LogP contribution < -0.4 is 11.1 Å². The van der Waals surface area contributed by atoms with Gasteiger partial charge >= 0.3 is 0 Å². The molecule has 0 fully saturated rings. The van der Waals surface area contributed by atoms with E-state index in [-0.39, 0.29) is 30.3 Å². The van der Waals surface area contributed by atoms with E-state index in [9.17, 15) is 9.59 Å². The van der Waals surface area contributed by atoms with Crippen molar-refractivity contribution >= 4 is 11.7 Å². The van der Waals surface area contributed by atoms with Gasteiger partial charge in [-0.2, -0.15) is 0 Å². The Bertz CT molecular complexity index is 330. The minimum absolute atomic E-state index is 0.0477. The molecule has 0 bridgehead atoms. The van der Waals surface area contributed by atoms with Gasteiger partial charge in [0.2, 0.25) is 5.91 Å². The number of nitrogens with zero attached hydrogens (tertiary/aromatic N) is 1. The van der Waals surface area contributed by atoms with Crippen molar-refractivity contribution in [3.63, 3.8) is 0 Å². The molecule has 0 unspecified atom stereocenters. The van der Waals surface area contributed by atoms with Gasteiger partial charge in [-0.15, -0.1) is 0 Å². The predicted molar refractivity (Wildman–Crippen MR) is 77.8 cm³/mol. The van der Waals surface area contributed by atoms with E-state index in [1.807, 2.05) is 0 Å². The Kier molecular flexibility index (Phi) is 6.16. The molecule has 0 rings (SSSR count). The molecule has 1 amide bonds. The van der Waals surface area contributed by atoms with E-state index in [1.165, 1.54) is 4.90 Å². The number of nitrogens with two attached hydrogens (primary N) is 1. The van der Waals surface area contributed by atoms with Gasteiger partial charge in [-0.3, -0.25) is 9.59 Å². The van der Waals surface area contributed by atoms with Gasteiger partial charge in [-0.05, 0) is 33.6 Å². The van der Waals surface area contributed by atoms with Crippen LogP contribution in [0, 0.1) is 5.92 Å². The summed E-state index contributed by atoms with van der Waals surface area (Å²) in [5, 5.41) is 3.22. The average Bonchev–Trinajstić information content (AvgIpc) is 2.24. The lowest BCUT2D eigenvalue weighted by molar-refractivity contribution is -0.135. The number of rotatable bonds is 7. The maximum absolute atomic E-state index is 11.9. The van der Waals surface area contributed by atoms with Crippen molar-refractivity contribution in [2.75, 3.05) is 20.1 Å². The second kappa shape index (κ2) is 6.48. The molecule has 0 spiro atoms. The summed E-state index contributed by atoms with van der Waals surface area (Å²) >= 11 is 0. The fourth-order valence-corrected chi connectivity index (χ4v) is 1.15. The van der Waals surface area contributed by atoms with Crippen LogP contribution in [0.25, 0.3) is 0 Å². The Morgan fingerprint density at radius 1 is 1.21 bits per heavy atom. The van der Waals surface area contributed by atoms with Gasteiger partial charge in [0, 0.05) is 12.6 Å². The standard InChI is InChI=1S/C14H29N3O2/c1-10(2)14(5,6)16-8-12(19)17(7)9-11(18)13(3,4)15/h10,16H,8-9,15H2,1-7H3. The first-order valence-electron chi connectivity index (χ1n) is 6.69. The molecule has 3 N–H and O–H groups in total. The molecule has 112 valence electrons. The Morgan fingerprint density at radius 3 is 2.05 bits per heavy atom. The molecule has 0 aromatic heterocycles. The quantitative estimate of drug-likeness (QED) is 0.717. The van der Waals surface area contributed by atoms with Gasteiger partial charge in [0.15, 0.2) is 5.78 Å². The lowest BCUT2D eigenvalue weighted by Crippen LogP contribution is -2.51. The van der Waals surface area contributed by atoms with Crippen molar-refractivity contribution in [1.29, 1.82) is 0 Å². The smallest absolute Gasteiger partial charge is 0.236 e. The minimum atomic E-state index is -0.904. The lowest BCUT2D eigenvalue weighted by Gasteiger charge is -2.31. The number of likely N-dealkylation sites (N-methyl/N-ethyl adjacent to an activating group) is 1. The fraction of sp³-hybridized carbons (Fsp3) is 0.857. The summed E-state index contributed by atoms with van der Waals surface area (Å²) in [5.41, 5.74) is 4.69. The van der Waals surface area contributed by atoms with Crippen molar-refractivity contribution in [3.05, 3.63) is 0 Å². The van der Waals surface area contributed by atoms with Crippen molar-refractivity contribution in [1.82, 2.24) is 10.2 Å². The second-order valence-electron chi connectivity index (χ2n) is 6.62. The van der Waals surface area contributed by atoms with Crippen LogP contribution >= 0.6 is 0 Å². The zero-order chi connectivity index (χ0) is 15.4. The van der Waals surface area contributed by atoms with Crippen molar-refractivity contribution in [2.45, 2.75) is 52.6 Å². The number of hydrogen-bond donors (Lipinski definition) is 2. The van der Waals surface area contributed by atoms with E-state index in [2.05, 4.69) is 33.0 Å². The van der Waals surface area contributed by atoms with E-state index in [1.54, 1.807) is 20.9 Å². The van der Waals surface area contributed by atoms with Gasteiger partial charge < -0.3 is 16.0 Å². The van der Waals surface area contributed by atoms with Crippen molar-refractivity contribution in [3.8, 4) is 0 Å². The van der Waals surface area contributed by atoms with Gasteiger partial charge in [0.05, 0.1) is 18.6 Å². The van der Waals surface area contributed by atoms with Crippen LogP contribution in [0.3, 0.4) is 0 Å². The SMILES string of the molecule is CC(C)C(C)(C)NCC(=O)N(C)CC(=O)C(C)(C)N. The van der Waals surface area contributed by atoms with Crippen LogP contribution in [-0.4, -0.2) is 47.8 Å². The van der Waals surface area contributed by atoms with Gasteiger partial charge in [-0.25, -0.2) is 0 Å². The summed E-state index contributed by atoms with van der Waals surface area (Å²) in [7, 11) is 1.62. The Hall–Kier alpha value is -0.940. The number of carbonyl (C=O) groups is 2. The molecule has 0 aromatic rings. The zero-order valence-corrected chi connectivity index (χ0v) is 13.3. The Labute approximate surface area is 116 Å².